The molecule has 5 rings (SSSR count). The van der Waals surface area contributed by atoms with E-state index in [0.717, 1.165) is 0 Å². The van der Waals surface area contributed by atoms with Gasteiger partial charge < -0.3 is 0 Å². The lowest BCUT2D eigenvalue weighted by atomic mass is 9.75. The summed E-state index contributed by atoms with van der Waals surface area (Å²) in [5, 5.41) is 0. The number of allylic oxidation sites excluding steroid dienone is 9. The van der Waals surface area contributed by atoms with E-state index in [0.29, 0.717) is 11.8 Å². The van der Waals surface area contributed by atoms with Crippen LogP contribution in [-0.2, 0) is 0 Å². The summed E-state index contributed by atoms with van der Waals surface area (Å²) in [5.41, 5.74) is 14.2. The molecule has 0 saturated carbocycles. The maximum absolute atomic E-state index is 2.40. The van der Waals surface area contributed by atoms with Gasteiger partial charge in [0.25, 0.3) is 0 Å². The van der Waals surface area contributed by atoms with Crippen molar-refractivity contribution in [2.75, 3.05) is 0 Å². The van der Waals surface area contributed by atoms with E-state index in [1.54, 1.807) is 0 Å². The van der Waals surface area contributed by atoms with Gasteiger partial charge in [0, 0.05) is 18.3 Å². The predicted octanol–water partition coefficient (Wildman–Crippen LogP) is 7.71. The highest BCUT2D eigenvalue weighted by Gasteiger charge is 2.37. The van der Waals surface area contributed by atoms with Crippen molar-refractivity contribution >= 4 is 6.08 Å². The van der Waals surface area contributed by atoms with Crippen LogP contribution in [0.5, 0.6) is 0 Å². The summed E-state index contributed by atoms with van der Waals surface area (Å²) >= 11 is 0. The molecule has 2 atom stereocenters. The first-order chi connectivity index (χ1) is 14.1. The van der Waals surface area contributed by atoms with Crippen molar-refractivity contribution in [2.45, 2.75) is 39.5 Å². The Bertz CT molecular complexity index is 1150. The highest BCUT2D eigenvalue weighted by molar-refractivity contribution is 5.75. The van der Waals surface area contributed by atoms with Gasteiger partial charge in [0.15, 0.2) is 0 Å². The average Bonchev–Trinajstić information content (AvgIpc) is 3.18. The Morgan fingerprint density at radius 2 is 1.38 bits per heavy atom. The molecule has 0 aliphatic heterocycles. The van der Waals surface area contributed by atoms with Gasteiger partial charge in [-0.3, -0.25) is 0 Å². The van der Waals surface area contributed by atoms with Crippen LogP contribution >= 0.6 is 0 Å². The van der Waals surface area contributed by atoms with E-state index in [9.17, 15) is 0 Å². The summed E-state index contributed by atoms with van der Waals surface area (Å²) in [7, 11) is 0. The average molecular weight is 376 g/mol. The summed E-state index contributed by atoms with van der Waals surface area (Å²) in [4.78, 5) is 0. The normalized spacial score (nSPS) is 23.4. The van der Waals surface area contributed by atoms with Gasteiger partial charge in [-0.2, -0.15) is 0 Å². The highest BCUT2D eigenvalue weighted by Crippen LogP contribution is 2.54. The van der Waals surface area contributed by atoms with Gasteiger partial charge >= 0.3 is 0 Å². The number of benzene rings is 2. The molecular formula is C29H27. The van der Waals surface area contributed by atoms with Crippen LogP contribution in [0.15, 0.2) is 106 Å². The number of rotatable bonds is 2. The molecule has 143 valence electrons. The number of hydrogen-bond acceptors (Lipinski definition) is 0. The van der Waals surface area contributed by atoms with Crippen LogP contribution < -0.4 is 0 Å². The van der Waals surface area contributed by atoms with E-state index in [4.69, 9.17) is 0 Å². The Kier molecular flexibility index (Phi) is 4.32. The lowest BCUT2D eigenvalue weighted by Gasteiger charge is -2.28. The Hall–Kier alpha value is -2.86. The molecule has 2 aromatic carbocycles. The Balaban J connectivity index is 1.73. The summed E-state index contributed by atoms with van der Waals surface area (Å²) in [6.07, 6.45) is 9.40. The van der Waals surface area contributed by atoms with E-state index < -0.39 is 0 Å². The minimum Gasteiger partial charge on any atom is -0.0622 e. The van der Waals surface area contributed by atoms with Crippen molar-refractivity contribution in [2.24, 2.45) is 0 Å². The zero-order chi connectivity index (χ0) is 20.1. The summed E-state index contributed by atoms with van der Waals surface area (Å²) < 4.78 is 0. The van der Waals surface area contributed by atoms with Crippen molar-refractivity contribution in [1.82, 2.24) is 0 Å². The van der Waals surface area contributed by atoms with Crippen molar-refractivity contribution in [3.63, 3.8) is 0 Å². The molecule has 0 heterocycles. The zero-order valence-corrected chi connectivity index (χ0v) is 17.7. The third-order valence-electron chi connectivity index (χ3n) is 6.82. The summed E-state index contributed by atoms with van der Waals surface area (Å²) in [6, 6.07) is 19.9. The maximum Gasteiger partial charge on any atom is 0.0308 e. The number of fused-ring (bicyclic) bond motifs is 1. The van der Waals surface area contributed by atoms with Crippen molar-refractivity contribution in [3.05, 3.63) is 129 Å². The van der Waals surface area contributed by atoms with Gasteiger partial charge in [0.05, 0.1) is 0 Å². The molecule has 2 aromatic rings. The van der Waals surface area contributed by atoms with Crippen LogP contribution in [0.25, 0.3) is 6.08 Å². The lowest BCUT2D eigenvalue weighted by molar-refractivity contribution is 0.858. The number of hydrogen-bond donors (Lipinski definition) is 0. The highest BCUT2D eigenvalue weighted by atomic mass is 14.4. The second-order valence-electron chi connectivity index (χ2n) is 8.60. The van der Waals surface area contributed by atoms with Crippen LogP contribution in [0.3, 0.4) is 0 Å². The molecule has 0 spiro atoms. The molecule has 2 unspecified atom stereocenters. The summed E-state index contributed by atoms with van der Waals surface area (Å²) in [6.45, 7) is 9.14. The quantitative estimate of drug-likeness (QED) is 0.504. The van der Waals surface area contributed by atoms with Crippen molar-refractivity contribution in [1.29, 1.82) is 0 Å². The largest absolute Gasteiger partial charge is 0.0622 e. The third kappa shape index (κ3) is 2.82. The van der Waals surface area contributed by atoms with Crippen LogP contribution in [0.4, 0.5) is 0 Å². The molecule has 0 amide bonds. The Labute approximate surface area is 174 Å². The van der Waals surface area contributed by atoms with E-state index in [1.807, 2.05) is 0 Å². The van der Waals surface area contributed by atoms with Gasteiger partial charge in [-0.25, -0.2) is 0 Å². The Morgan fingerprint density at radius 1 is 0.655 bits per heavy atom. The van der Waals surface area contributed by atoms with E-state index in [-0.39, 0.29) is 0 Å². The fraction of sp³-hybridized carbons (Fsp3) is 0.207. The fourth-order valence-corrected chi connectivity index (χ4v) is 5.31. The SMILES string of the molecule is CC1=Cc2ccccc2C1C1=C(C)[CH]C2=C1C(c1ccccc1)C(C)=C(C)C=C2. The van der Waals surface area contributed by atoms with Gasteiger partial charge in [0.1, 0.15) is 0 Å². The first-order valence-corrected chi connectivity index (χ1v) is 10.5. The first-order valence-electron chi connectivity index (χ1n) is 10.5. The molecule has 1 radical (unpaired) electrons. The first kappa shape index (κ1) is 18.2. The zero-order valence-electron chi connectivity index (χ0n) is 17.7. The fourth-order valence-electron chi connectivity index (χ4n) is 5.31. The van der Waals surface area contributed by atoms with Crippen molar-refractivity contribution < 1.29 is 0 Å². The molecule has 0 N–H and O–H groups in total. The van der Waals surface area contributed by atoms with Crippen LogP contribution in [0.2, 0.25) is 0 Å². The molecule has 0 fully saturated rings. The maximum atomic E-state index is 2.40. The van der Waals surface area contributed by atoms with Gasteiger partial charge in [0.2, 0.25) is 0 Å². The molecular weight excluding hydrogens is 348 g/mol. The summed E-state index contributed by atoms with van der Waals surface area (Å²) in [5.74, 6) is 0.645. The van der Waals surface area contributed by atoms with Gasteiger partial charge in [-0.05, 0) is 61.1 Å². The molecule has 3 aliphatic carbocycles. The van der Waals surface area contributed by atoms with E-state index in [1.165, 1.54) is 55.7 Å². The van der Waals surface area contributed by atoms with Crippen LogP contribution in [0.1, 0.15) is 56.2 Å². The predicted molar refractivity (Wildman–Crippen MR) is 124 cm³/mol. The molecule has 0 nitrogen and oxygen atoms in total. The van der Waals surface area contributed by atoms with Crippen LogP contribution in [0, 0.1) is 6.42 Å². The third-order valence-corrected chi connectivity index (χ3v) is 6.82. The topological polar surface area (TPSA) is 0 Å². The lowest BCUT2D eigenvalue weighted by Crippen LogP contribution is -2.12. The minimum atomic E-state index is 0.297. The molecule has 0 aromatic heterocycles. The smallest absolute Gasteiger partial charge is 0.0308 e. The van der Waals surface area contributed by atoms with Crippen LogP contribution in [-0.4, -0.2) is 0 Å². The standard InChI is InChI=1S/C29H27/c1-18-14-15-24-17-20(3)27(26-19(2)16-23-12-8-9-13-25(23)26)29(24)28(21(18)4)22-10-6-5-7-11-22/h5-17,26,28H,1-4H3. The van der Waals surface area contributed by atoms with Gasteiger partial charge in [-0.15, -0.1) is 0 Å². The Morgan fingerprint density at radius 3 is 2.17 bits per heavy atom. The van der Waals surface area contributed by atoms with Gasteiger partial charge in [-0.1, -0.05) is 95.1 Å². The molecule has 0 bridgehead atoms. The second kappa shape index (κ2) is 6.88. The molecule has 29 heavy (non-hydrogen) atoms. The monoisotopic (exact) mass is 375 g/mol. The van der Waals surface area contributed by atoms with E-state index >= 15 is 0 Å². The molecule has 3 aliphatic rings. The second-order valence-corrected chi connectivity index (χ2v) is 8.60. The van der Waals surface area contributed by atoms with Crippen molar-refractivity contribution in [3.8, 4) is 0 Å². The molecule has 0 saturated heterocycles. The minimum absolute atomic E-state index is 0.297. The molecule has 0 heteroatoms. The van der Waals surface area contributed by atoms with E-state index in [2.05, 4.69) is 107 Å².